The van der Waals surface area contributed by atoms with Crippen molar-refractivity contribution in [2.75, 3.05) is 0 Å². The average molecular weight is 306 g/mol. The van der Waals surface area contributed by atoms with Crippen molar-refractivity contribution in [2.45, 2.75) is 33.6 Å². The Labute approximate surface area is 137 Å². The Kier molecular flexibility index (Phi) is 5.64. The minimum Gasteiger partial charge on any atom is -0.299 e. The molecule has 0 spiro atoms. The molecule has 0 unspecified atom stereocenters. The molecule has 0 aliphatic heterocycles. The van der Waals surface area contributed by atoms with Crippen LogP contribution in [0.1, 0.15) is 43.4 Å². The molecule has 0 heterocycles. The van der Waals surface area contributed by atoms with Crippen LogP contribution in [-0.4, -0.2) is 11.6 Å². The summed E-state index contributed by atoms with van der Waals surface area (Å²) in [6.07, 6.45) is 0.622. The molecule has 2 heteroatoms. The standard InChI is InChI=1S/C21H22O2/c1-4-19(23)14-20(16(3)22)21(17-10-6-5-7-11-17)18-12-8-9-15(2)13-18/h5-13H,4,14H2,1-3H3. The van der Waals surface area contributed by atoms with Crippen LogP contribution in [-0.2, 0) is 9.59 Å². The molecule has 0 bridgehead atoms. The van der Waals surface area contributed by atoms with Gasteiger partial charge in [-0.15, -0.1) is 0 Å². The summed E-state index contributed by atoms with van der Waals surface area (Å²) in [6.45, 7) is 5.39. The highest BCUT2D eigenvalue weighted by Gasteiger charge is 2.18. The van der Waals surface area contributed by atoms with E-state index in [4.69, 9.17) is 0 Å². The number of rotatable bonds is 6. The van der Waals surface area contributed by atoms with Crippen molar-refractivity contribution in [3.63, 3.8) is 0 Å². The van der Waals surface area contributed by atoms with Crippen molar-refractivity contribution in [1.82, 2.24) is 0 Å². The van der Waals surface area contributed by atoms with Crippen molar-refractivity contribution < 1.29 is 9.59 Å². The highest BCUT2D eigenvalue weighted by molar-refractivity contribution is 6.08. The van der Waals surface area contributed by atoms with Crippen LogP contribution in [0.15, 0.2) is 60.2 Å². The van der Waals surface area contributed by atoms with Crippen LogP contribution < -0.4 is 0 Å². The van der Waals surface area contributed by atoms with Gasteiger partial charge in [0.25, 0.3) is 0 Å². The van der Waals surface area contributed by atoms with Crippen LogP contribution >= 0.6 is 0 Å². The molecule has 0 N–H and O–H groups in total. The number of hydrogen-bond donors (Lipinski definition) is 0. The van der Waals surface area contributed by atoms with Gasteiger partial charge in [0.1, 0.15) is 5.78 Å². The zero-order valence-electron chi connectivity index (χ0n) is 13.9. The van der Waals surface area contributed by atoms with E-state index in [1.54, 1.807) is 0 Å². The van der Waals surface area contributed by atoms with E-state index in [0.717, 1.165) is 22.3 Å². The van der Waals surface area contributed by atoms with Gasteiger partial charge in [0.15, 0.2) is 5.78 Å². The Morgan fingerprint density at radius 1 is 0.913 bits per heavy atom. The first-order valence-corrected chi connectivity index (χ1v) is 7.91. The van der Waals surface area contributed by atoms with Gasteiger partial charge in [0.05, 0.1) is 0 Å². The van der Waals surface area contributed by atoms with Crippen LogP contribution in [0.3, 0.4) is 0 Å². The molecule has 0 saturated carbocycles. The lowest BCUT2D eigenvalue weighted by atomic mass is 9.88. The third kappa shape index (κ3) is 4.26. The molecule has 0 aromatic heterocycles. The number of benzene rings is 2. The van der Waals surface area contributed by atoms with E-state index in [1.807, 2.05) is 62.4 Å². The topological polar surface area (TPSA) is 34.1 Å². The molecule has 23 heavy (non-hydrogen) atoms. The molecular weight excluding hydrogens is 284 g/mol. The minimum absolute atomic E-state index is 0.0489. The number of allylic oxidation sites excluding steroid dienone is 1. The van der Waals surface area contributed by atoms with E-state index in [0.29, 0.717) is 12.0 Å². The smallest absolute Gasteiger partial charge is 0.156 e. The molecule has 0 atom stereocenters. The van der Waals surface area contributed by atoms with Crippen molar-refractivity contribution in [1.29, 1.82) is 0 Å². The molecule has 0 saturated heterocycles. The van der Waals surface area contributed by atoms with Gasteiger partial charge in [-0.05, 0) is 30.5 Å². The summed E-state index contributed by atoms with van der Waals surface area (Å²) in [5, 5.41) is 0. The molecule has 0 fully saturated rings. The molecule has 0 aliphatic carbocycles. The maximum Gasteiger partial charge on any atom is 0.156 e. The van der Waals surface area contributed by atoms with Crippen LogP contribution in [0.5, 0.6) is 0 Å². The number of ketones is 2. The largest absolute Gasteiger partial charge is 0.299 e. The predicted molar refractivity (Wildman–Crippen MR) is 94.2 cm³/mol. The lowest BCUT2D eigenvalue weighted by Crippen LogP contribution is -2.08. The van der Waals surface area contributed by atoms with Crippen molar-refractivity contribution in [2.24, 2.45) is 0 Å². The summed E-state index contributed by atoms with van der Waals surface area (Å²) in [4.78, 5) is 24.2. The molecule has 118 valence electrons. The van der Waals surface area contributed by atoms with Gasteiger partial charge < -0.3 is 0 Å². The van der Waals surface area contributed by atoms with Crippen molar-refractivity contribution in [3.8, 4) is 0 Å². The van der Waals surface area contributed by atoms with Crippen LogP contribution in [0.2, 0.25) is 0 Å². The van der Waals surface area contributed by atoms with Crippen LogP contribution in [0, 0.1) is 6.92 Å². The quantitative estimate of drug-likeness (QED) is 0.721. The summed E-state index contributed by atoms with van der Waals surface area (Å²) in [6, 6.07) is 17.9. The van der Waals surface area contributed by atoms with Crippen LogP contribution in [0.25, 0.3) is 5.57 Å². The van der Waals surface area contributed by atoms with Crippen molar-refractivity contribution >= 4 is 17.1 Å². The van der Waals surface area contributed by atoms with Gasteiger partial charge in [-0.3, -0.25) is 9.59 Å². The third-order valence-corrected chi connectivity index (χ3v) is 3.86. The van der Waals surface area contributed by atoms with E-state index in [9.17, 15) is 9.59 Å². The monoisotopic (exact) mass is 306 g/mol. The Morgan fingerprint density at radius 2 is 1.57 bits per heavy atom. The minimum atomic E-state index is -0.0489. The average Bonchev–Trinajstić information content (AvgIpc) is 2.55. The lowest BCUT2D eigenvalue weighted by Gasteiger charge is -2.15. The van der Waals surface area contributed by atoms with E-state index < -0.39 is 0 Å². The number of hydrogen-bond acceptors (Lipinski definition) is 2. The fraction of sp³-hybridized carbons (Fsp3) is 0.238. The Hall–Kier alpha value is -2.48. The number of Topliss-reactive ketones (excluding diaryl/α,β-unsaturated/α-hetero) is 2. The number of aryl methyl sites for hydroxylation is 1. The molecule has 2 nitrogen and oxygen atoms in total. The van der Waals surface area contributed by atoms with Gasteiger partial charge in [-0.2, -0.15) is 0 Å². The maximum atomic E-state index is 12.3. The Bertz CT molecular complexity index is 739. The van der Waals surface area contributed by atoms with Gasteiger partial charge in [-0.1, -0.05) is 67.1 Å². The van der Waals surface area contributed by atoms with Crippen molar-refractivity contribution in [3.05, 3.63) is 76.9 Å². The second-order valence-electron chi connectivity index (χ2n) is 5.71. The lowest BCUT2D eigenvalue weighted by molar-refractivity contribution is -0.120. The second-order valence-corrected chi connectivity index (χ2v) is 5.71. The molecule has 2 aromatic rings. The van der Waals surface area contributed by atoms with E-state index >= 15 is 0 Å². The number of carbonyl (C=O) groups is 2. The fourth-order valence-corrected chi connectivity index (χ4v) is 2.63. The molecule has 0 aliphatic rings. The summed E-state index contributed by atoms with van der Waals surface area (Å²) in [5.41, 5.74) is 4.52. The Morgan fingerprint density at radius 3 is 2.13 bits per heavy atom. The van der Waals surface area contributed by atoms with Gasteiger partial charge >= 0.3 is 0 Å². The highest BCUT2D eigenvalue weighted by Crippen LogP contribution is 2.30. The third-order valence-electron chi connectivity index (χ3n) is 3.86. The molecule has 2 aromatic carbocycles. The summed E-state index contributed by atoms with van der Waals surface area (Å²) in [5.74, 6) is 0.0310. The maximum absolute atomic E-state index is 12.3. The molecule has 0 amide bonds. The second kappa shape index (κ2) is 7.68. The molecule has 0 radical (unpaired) electrons. The van der Waals surface area contributed by atoms with E-state index in [-0.39, 0.29) is 18.0 Å². The Balaban J connectivity index is 2.71. The van der Waals surface area contributed by atoms with Gasteiger partial charge in [0, 0.05) is 18.4 Å². The van der Waals surface area contributed by atoms with Gasteiger partial charge in [-0.25, -0.2) is 0 Å². The zero-order chi connectivity index (χ0) is 16.8. The van der Waals surface area contributed by atoms with E-state index in [2.05, 4.69) is 6.07 Å². The van der Waals surface area contributed by atoms with Gasteiger partial charge in [0.2, 0.25) is 0 Å². The zero-order valence-corrected chi connectivity index (χ0v) is 13.9. The number of carbonyl (C=O) groups excluding carboxylic acids is 2. The SMILES string of the molecule is CCC(=O)CC(C(C)=O)=C(c1ccccc1)c1cccc(C)c1. The fourth-order valence-electron chi connectivity index (χ4n) is 2.63. The van der Waals surface area contributed by atoms with E-state index in [1.165, 1.54) is 6.92 Å². The molecular formula is C21H22O2. The highest BCUT2D eigenvalue weighted by atomic mass is 16.1. The first kappa shape index (κ1) is 16.9. The first-order valence-electron chi connectivity index (χ1n) is 7.91. The summed E-state index contributed by atoms with van der Waals surface area (Å²) < 4.78 is 0. The molecule has 2 rings (SSSR count). The predicted octanol–water partition coefficient (Wildman–Crippen LogP) is 4.76. The van der Waals surface area contributed by atoms with Crippen LogP contribution in [0.4, 0.5) is 0 Å². The summed E-state index contributed by atoms with van der Waals surface area (Å²) in [7, 11) is 0. The summed E-state index contributed by atoms with van der Waals surface area (Å²) >= 11 is 0. The normalized spacial score (nSPS) is 11.8. The first-order chi connectivity index (χ1) is 11.0.